The minimum atomic E-state index is -0.567. The second-order valence-electron chi connectivity index (χ2n) is 5.42. The fourth-order valence-electron chi connectivity index (χ4n) is 2.94. The van der Waals surface area contributed by atoms with E-state index in [9.17, 15) is 4.79 Å². The standard InChI is InChI=1S/C14H20N4O3/c1-16-14(18-10-6-8-2-4-11(10)20-8)17-7-9-3-5-12(21-9)13(15)19/h3,5,8,10-11H,2,4,6-7H2,1H3,(H2,15,19)(H2,16,17,18). The molecule has 0 radical (unpaired) electrons. The second kappa shape index (κ2) is 5.77. The molecule has 2 aliphatic heterocycles. The Labute approximate surface area is 122 Å². The van der Waals surface area contributed by atoms with E-state index < -0.39 is 5.91 Å². The number of carbonyl (C=O) groups excluding carboxylic acids is 1. The fraction of sp³-hybridized carbons (Fsp3) is 0.571. The summed E-state index contributed by atoms with van der Waals surface area (Å²) in [6.45, 7) is 0.439. The van der Waals surface area contributed by atoms with Crippen molar-refractivity contribution >= 4 is 11.9 Å². The van der Waals surface area contributed by atoms with Gasteiger partial charge in [0.05, 0.1) is 24.8 Å². The number of fused-ring (bicyclic) bond motifs is 2. The minimum absolute atomic E-state index is 0.163. The van der Waals surface area contributed by atoms with Gasteiger partial charge in [-0.05, 0) is 31.4 Å². The molecule has 7 heteroatoms. The van der Waals surface area contributed by atoms with Crippen LogP contribution in [0.25, 0.3) is 0 Å². The quantitative estimate of drug-likeness (QED) is 0.549. The van der Waals surface area contributed by atoms with E-state index in [4.69, 9.17) is 14.9 Å². The summed E-state index contributed by atoms with van der Waals surface area (Å²) in [5.41, 5.74) is 5.15. The van der Waals surface area contributed by atoms with Gasteiger partial charge in [0.25, 0.3) is 5.91 Å². The highest BCUT2D eigenvalue weighted by molar-refractivity contribution is 5.89. The van der Waals surface area contributed by atoms with Gasteiger partial charge in [0.15, 0.2) is 11.7 Å². The molecule has 2 saturated heterocycles. The topological polar surface area (TPSA) is 102 Å². The molecule has 0 spiro atoms. The van der Waals surface area contributed by atoms with E-state index in [1.165, 1.54) is 0 Å². The molecule has 3 rings (SSSR count). The molecule has 3 heterocycles. The van der Waals surface area contributed by atoms with Gasteiger partial charge in [-0.2, -0.15) is 0 Å². The van der Waals surface area contributed by atoms with Crippen LogP contribution in [0.4, 0.5) is 0 Å². The predicted molar refractivity (Wildman–Crippen MR) is 76.9 cm³/mol. The van der Waals surface area contributed by atoms with E-state index in [-0.39, 0.29) is 5.76 Å². The van der Waals surface area contributed by atoms with Gasteiger partial charge in [-0.15, -0.1) is 0 Å². The van der Waals surface area contributed by atoms with Crippen LogP contribution >= 0.6 is 0 Å². The lowest BCUT2D eigenvalue weighted by atomic mass is 9.96. The molecule has 0 aliphatic carbocycles. The van der Waals surface area contributed by atoms with Crippen molar-refractivity contribution < 1.29 is 13.9 Å². The number of nitrogens with two attached hydrogens (primary N) is 1. The van der Waals surface area contributed by atoms with Crippen LogP contribution in [0.2, 0.25) is 0 Å². The Morgan fingerprint density at radius 2 is 2.33 bits per heavy atom. The van der Waals surface area contributed by atoms with Crippen molar-refractivity contribution in [3.05, 3.63) is 23.7 Å². The largest absolute Gasteiger partial charge is 0.454 e. The van der Waals surface area contributed by atoms with Crippen LogP contribution in [0, 0.1) is 0 Å². The maximum absolute atomic E-state index is 11.0. The maximum atomic E-state index is 11.0. The van der Waals surface area contributed by atoms with Gasteiger partial charge >= 0.3 is 0 Å². The molecule has 2 aliphatic rings. The highest BCUT2D eigenvalue weighted by Crippen LogP contribution is 2.34. The van der Waals surface area contributed by atoms with Gasteiger partial charge in [-0.3, -0.25) is 9.79 Å². The molecule has 3 atom stereocenters. The summed E-state index contributed by atoms with van der Waals surface area (Å²) in [6.07, 6.45) is 3.99. The van der Waals surface area contributed by atoms with Crippen molar-refractivity contribution in [2.24, 2.45) is 10.7 Å². The second-order valence-corrected chi connectivity index (χ2v) is 5.42. The summed E-state index contributed by atoms with van der Waals surface area (Å²) in [5, 5.41) is 6.54. The van der Waals surface area contributed by atoms with Gasteiger partial charge in [0.2, 0.25) is 0 Å². The van der Waals surface area contributed by atoms with Crippen LogP contribution in [-0.2, 0) is 11.3 Å². The first kappa shape index (κ1) is 13.9. The normalized spacial score (nSPS) is 27.9. The molecule has 1 aromatic rings. The molecule has 3 unspecified atom stereocenters. The number of hydrogen-bond acceptors (Lipinski definition) is 4. The van der Waals surface area contributed by atoms with E-state index in [0.717, 1.165) is 19.3 Å². The Morgan fingerprint density at radius 3 is 2.90 bits per heavy atom. The van der Waals surface area contributed by atoms with E-state index >= 15 is 0 Å². The Kier molecular flexibility index (Phi) is 3.83. The van der Waals surface area contributed by atoms with Crippen molar-refractivity contribution in [1.82, 2.24) is 10.6 Å². The summed E-state index contributed by atoms with van der Waals surface area (Å²) >= 11 is 0. The monoisotopic (exact) mass is 292 g/mol. The number of aliphatic imine (C=N–C) groups is 1. The van der Waals surface area contributed by atoms with Crippen LogP contribution in [0.15, 0.2) is 21.5 Å². The number of nitrogens with zero attached hydrogens (tertiary/aromatic N) is 1. The van der Waals surface area contributed by atoms with Crippen molar-refractivity contribution in [2.75, 3.05) is 7.05 Å². The number of amides is 1. The molecule has 2 fully saturated rings. The number of nitrogens with one attached hydrogen (secondary N) is 2. The van der Waals surface area contributed by atoms with Gasteiger partial charge in [-0.25, -0.2) is 0 Å². The zero-order valence-electron chi connectivity index (χ0n) is 12.0. The predicted octanol–water partition coefficient (Wildman–Crippen LogP) is 0.363. The smallest absolute Gasteiger partial charge is 0.284 e. The Morgan fingerprint density at radius 1 is 1.48 bits per heavy atom. The summed E-state index contributed by atoms with van der Waals surface area (Å²) in [5.74, 6) is 0.934. The number of primary amides is 1. The number of guanidine groups is 1. The van der Waals surface area contributed by atoms with E-state index in [2.05, 4.69) is 15.6 Å². The van der Waals surface area contributed by atoms with Gasteiger partial charge < -0.3 is 25.5 Å². The molecular weight excluding hydrogens is 272 g/mol. The molecule has 0 aromatic carbocycles. The van der Waals surface area contributed by atoms with E-state index in [1.807, 2.05) is 0 Å². The highest BCUT2D eigenvalue weighted by Gasteiger charge is 2.41. The molecule has 0 saturated carbocycles. The lowest BCUT2D eigenvalue weighted by molar-refractivity contribution is 0.0971. The average molecular weight is 292 g/mol. The number of ether oxygens (including phenoxy) is 1. The van der Waals surface area contributed by atoms with Gasteiger partial charge in [0.1, 0.15) is 5.76 Å². The first-order valence-electron chi connectivity index (χ1n) is 7.17. The first-order valence-corrected chi connectivity index (χ1v) is 7.17. The van der Waals surface area contributed by atoms with Crippen LogP contribution in [0.1, 0.15) is 35.6 Å². The number of rotatable bonds is 4. The van der Waals surface area contributed by atoms with Crippen LogP contribution in [0.5, 0.6) is 0 Å². The zero-order valence-corrected chi connectivity index (χ0v) is 12.0. The van der Waals surface area contributed by atoms with E-state index in [0.29, 0.717) is 36.5 Å². The summed E-state index contributed by atoms with van der Waals surface area (Å²) in [6, 6.07) is 3.60. The van der Waals surface area contributed by atoms with Crippen molar-refractivity contribution in [3.63, 3.8) is 0 Å². The Bertz CT molecular complexity index is 554. The molecule has 1 amide bonds. The molecule has 2 bridgehead atoms. The summed E-state index contributed by atoms with van der Waals surface area (Å²) < 4.78 is 11.1. The third-order valence-corrected chi connectivity index (χ3v) is 3.99. The fourth-order valence-corrected chi connectivity index (χ4v) is 2.94. The molecule has 114 valence electrons. The van der Waals surface area contributed by atoms with Crippen LogP contribution in [0.3, 0.4) is 0 Å². The van der Waals surface area contributed by atoms with Gasteiger partial charge in [-0.1, -0.05) is 0 Å². The SMILES string of the molecule is CN=C(NCc1ccc(C(N)=O)o1)NC1CC2CCC1O2. The minimum Gasteiger partial charge on any atom is -0.454 e. The number of furan rings is 1. The lowest BCUT2D eigenvalue weighted by Crippen LogP contribution is -2.47. The van der Waals surface area contributed by atoms with E-state index in [1.54, 1.807) is 19.2 Å². The molecular formula is C14H20N4O3. The number of carbonyl (C=O) groups is 1. The molecule has 21 heavy (non-hydrogen) atoms. The van der Waals surface area contributed by atoms with Crippen molar-refractivity contribution in [3.8, 4) is 0 Å². The summed E-state index contributed by atoms with van der Waals surface area (Å²) in [4.78, 5) is 15.2. The zero-order chi connectivity index (χ0) is 14.8. The third-order valence-electron chi connectivity index (χ3n) is 3.99. The third kappa shape index (κ3) is 3.02. The lowest BCUT2D eigenvalue weighted by Gasteiger charge is -2.22. The average Bonchev–Trinajstić information content (AvgIpc) is 3.18. The van der Waals surface area contributed by atoms with Crippen molar-refractivity contribution in [2.45, 2.75) is 44.1 Å². The summed E-state index contributed by atoms with van der Waals surface area (Å²) in [7, 11) is 1.72. The van der Waals surface area contributed by atoms with Crippen LogP contribution < -0.4 is 16.4 Å². The number of hydrogen-bond donors (Lipinski definition) is 3. The van der Waals surface area contributed by atoms with Gasteiger partial charge in [0, 0.05) is 7.05 Å². The molecule has 1 aromatic heterocycles. The molecule has 7 nitrogen and oxygen atoms in total. The molecule has 4 N–H and O–H groups in total. The van der Waals surface area contributed by atoms with Crippen LogP contribution in [-0.4, -0.2) is 37.2 Å². The Balaban J connectivity index is 1.51. The first-order chi connectivity index (χ1) is 10.2. The highest BCUT2D eigenvalue weighted by atomic mass is 16.5. The maximum Gasteiger partial charge on any atom is 0.284 e. The Hall–Kier alpha value is -2.02. The van der Waals surface area contributed by atoms with Crippen molar-refractivity contribution in [1.29, 1.82) is 0 Å².